The molecule has 0 unspecified atom stereocenters. The Bertz CT molecular complexity index is 273. The van der Waals surface area contributed by atoms with Crippen LogP contribution in [0.1, 0.15) is 39.0 Å². The summed E-state index contributed by atoms with van der Waals surface area (Å²) < 4.78 is 0. The van der Waals surface area contributed by atoms with E-state index in [-0.39, 0.29) is 24.3 Å². The molecule has 0 spiro atoms. The lowest BCUT2D eigenvalue weighted by Crippen LogP contribution is -2.40. The second-order valence-electron chi connectivity index (χ2n) is 4.67. The van der Waals surface area contributed by atoms with E-state index in [1.807, 2.05) is 6.92 Å². The van der Waals surface area contributed by atoms with Gasteiger partial charge in [-0.25, -0.2) is 0 Å². The van der Waals surface area contributed by atoms with E-state index in [0.717, 1.165) is 25.7 Å². The number of amides is 1. The van der Waals surface area contributed by atoms with Gasteiger partial charge in [-0.05, 0) is 32.6 Å². The highest BCUT2D eigenvalue weighted by atomic mass is 16.4. The average molecular weight is 242 g/mol. The third-order valence-corrected chi connectivity index (χ3v) is 3.41. The predicted molar refractivity (Wildman–Crippen MR) is 64.4 cm³/mol. The number of aliphatic carboxylic acids is 1. The van der Waals surface area contributed by atoms with Gasteiger partial charge < -0.3 is 15.7 Å². The first-order valence-electron chi connectivity index (χ1n) is 6.30. The predicted octanol–water partition coefficient (Wildman–Crippen LogP) is 0.827. The Labute approximate surface area is 102 Å². The van der Waals surface area contributed by atoms with Crippen molar-refractivity contribution in [2.45, 2.75) is 45.1 Å². The van der Waals surface area contributed by atoms with Gasteiger partial charge in [0.1, 0.15) is 0 Å². The van der Waals surface area contributed by atoms with E-state index in [4.69, 9.17) is 10.8 Å². The second kappa shape index (κ2) is 6.59. The van der Waals surface area contributed by atoms with E-state index < -0.39 is 5.97 Å². The maximum Gasteiger partial charge on any atom is 0.305 e. The van der Waals surface area contributed by atoms with Gasteiger partial charge in [-0.1, -0.05) is 0 Å². The summed E-state index contributed by atoms with van der Waals surface area (Å²) >= 11 is 0. The normalized spacial score (nSPS) is 24.4. The molecule has 0 heterocycles. The van der Waals surface area contributed by atoms with Crippen LogP contribution in [0, 0.1) is 5.92 Å². The Balaban J connectivity index is 2.45. The monoisotopic (exact) mass is 242 g/mol. The quantitative estimate of drug-likeness (QED) is 0.748. The van der Waals surface area contributed by atoms with Crippen LogP contribution in [-0.4, -0.2) is 41.0 Å². The molecular weight excluding hydrogens is 220 g/mol. The van der Waals surface area contributed by atoms with Crippen molar-refractivity contribution in [3.8, 4) is 0 Å². The molecular formula is C12H22N2O3. The summed E-state index contributed by atoms with van der Waals surface area (Å²) in [4.78, 5) is 24.3. The van der Waals surface area contributed by atoms with E-state index in [2.05, 4.69) is 0 Å². The van der Waals surface area contributed by atoms with Gasteiger partial charge in [-0.3, -0.25) is 9.59 Å². The molecule has 0 atom stereocenters. The largest absolute Gasteiger partial charge is 0.481 e. The number of rotatable bonds is 5. The molecule has 1 amide bonds. The van der Waals surface area contributed by atoms with Crippen LogP contribution in [0.5, 0.6) is 0 Å². The number of carboxylic acid groups (broad SMARTS) is 1. The first kappa shape index (κ1) is 14.0. The van der Waals surface area contributed by atoms with Crippen LogP contribution in [0.25, 0.3) is 0 Å². The molecule has 0 radical (unpaired) electrons. The third-order valence-electron chi connectivity index (χ3n) is 3.41. The average Bonchev–Trinajstić information content (AvgIpc) is 2.30. The minimum Gasteiger partial charge on any atom is -0.481 e. The molecule has 1 aliphatic rings. The molecule has 5 heteroatoms. The van der Waals surface area contributed by atoms with Crippen molar-refractivity contribution in [2.24, 2.45) is 11.7 Å². The van der Waals surface area contributed by atoms with Gasteiger partial charge in [0.2, 0.25) is 5.91 Å². The van der Waals surface area contributed by atoms with Gasteiger partial charge in [-0.2, -0.15) is 0 Å². The van der Waals surface area contributed by atoms with E-state index in [1.54, 1.807) is 4.90 Å². The van der Waals surface area contributed by atoms with E-state index >= 15 is 0 Å². The van der Waals surface area contributed by atoms with Crippen LogP contribution in [0.4, 0.5) is 0 Å². The molecule has 0 aromatic heterocycles. The van der Waals surface area contributed by atoms with E-state index in [1.165, 1.54) is 0 Å². The highest BCUT2D eigenvalue weighted by Crippen LogP contribution is 2.25. The molecule has 3 N–H and O–H groups in total. The lowest BCUT2D eigenvalue weighted by Gasteiger charge is -2.30. The summed E-state index contributed by atoms with van der Waals surface area (Å²) in [7, 11) is 0. The van der Waals surface area contributed by atoms with Crippen molar-refractivity contribution in [3.63, 3.8) is 0 Å². The minimum atomic E-state index is -0.859. The first-order chi connectivity index (χ1) is 8.04. The Hall–Kier alpha value is -1.10. The molecule has 0 bridgehead atoms. The molecule has 5 nitrogen and oxygen atoms in total. The van der Waals surface area contributed by atoms with Crippen LogP contribution in [0.15, 0.2) is 0 Å². The van der Waals surface area contributed by atoms with Gasteiger partial charge in [0.05, 0.1) is 6.42 Å². The molecule has 1 saturated carbocycles. The number of nitrogens with zero attached hydrogens (tertiary/aromatic N) is 1. The Morgan fingerprint density at radius 1 is 1.29 bits per heavy atom. The summed E-state index contributed by atoms with van der Waals surface area (Å²) in [6.45, 7) is 2.77. The van der Waals surface area contributed by atoms with Crippen molar-refractivity contribution < 1.29 is 14.7 Å². The molecule has 0 aromatic carbocycles. The number of nitrogens with two attached hydrogens (primary N) is 1. The maximum atomic E-state index is 12.1. The number of carbonyl (C=O) groups excluding carboxylic acids is 1. The van der Waals surface area contributed by atoms with E-state index in [0.29, 0.717) is 13.1 Å². The molecule has 0 aliphatic heterocycles. The molecule has 0 aromatic rings. The minimum absolute atomic E-state index is 0.0197. The fraction of sp³-hybridized carbons (Fsp3) is 0.833. The third kappa shape index (κ3) is 4.34. The highest BCUT2D eigenvalue weighted by molar-refractivity contribution is 5.79. The Kier molecular flexibility index (Phi) is 5.41. The maximum absolute atomic E-state index is 12.1. The molecule has 1 aliphatic carbocycles. The Morgan fingerprint density at radius 3 is 2.35 bits per heavy atom. The SMILES string of the molecule is CCN(CCC(=O)O)C(=O)C1CCC(N)CC1. The highest BCUT2D eigenvalue weighted by Gasteiger charge is 2.27. The molecule has 17 heavy (non-hydrogen) atoms. The van der Waals surface area contributed by atoms with Crippen molar-refractivity contribution in [2.75, 3.05) is 13.1 Å². The second-order valence-corrected chi connectivity index (χ2v) is 4.67. The van der Waals surface area contributed by atoms with Gasteiger partial charge in [0.25, 0.3) is 0 Å². The summed E-state index contributed by atoms with van der Waals surface area (Å²) in [5.41, 5.74) is 5.80. The van der Waals surface area contributed by atoms with Gasteiger partial charge in [0.15, 0.2) is 0 Å². The first-order valence-corrected chi connectivity index (χ1v) is 6.30. The summed E-state index contributed by atoms with van der Waals surface area (Å²) in [5, 5.41) is 8.63. The molecule has 0 saturated heterocycles. The van der Waals surface area contributed by atoms with Crippen molar-refractivity contribution in [1.29, 1.82) is 0 Å². The molecule has 1 fully saturated rings. The standard InChI is InChI=1S/C12H22N2O3/c1-2-14(8-7-11(15)16)12(17)9-3-5-10(13)6-4-9/h9-10H,2-8,13H2,1H3,(H,15,16). The van der Waals surface area contributed by atoms with Crippen LogP contribution < -0.4 is 5.73 Å². The summed E-state index contributed by atoms with van der Waals surface area (Å²) in [6.07, 6.45) is 3.48. The van der Waals surface area contributed by atoms with E-state index in [9.17, 15) is 9.59 Å². The van der Waals surface area contributed by atoms with Crippen LogP contribution in [-0.2, 0) is 9.59 Å². The summed E-state index contributed by atoms with van der Waals surface area (Å²) in [6, 6.07) is 0.230. The van der Waals surface area contributed by atoms with Gasteiger partial charge in [0, 0.05) is 25.0 Å². The fourth-order valence-electron chi connectivity index (χ4n) is 2.28. The zero-order valence-corrected chi connectivity index (χ0v) is 10.4. The van der Waals surface area contributed by atoms with Crippen molar-refractivity contribution in [1.82, 2.24) is 4.90 Å². The topological polar surface area (TPSA) is 83.6 Å². The number of hydrogen-bond acceptors (Lipinski definition) is 3. The zero-order chi connectivity index (χ0) is 12.8. The summed E-state index contributed by atoms with van der Waals surface area (Å²) in [5.74, 6) is -0.717. The number of carboxylic acids is 1. The van der Waals surface area contributed by atoms with Crippen molar-refractivity contribution in [3.05, 3.63) is 0 Å². The number of carbonyl (C=O) groups is 2. The smallest absolute Gasteiger partial charge is 0.305 e. The lowest BCUT2D eigenvalue weighted by atomic mass is 9.85. The lowest BCUT2D eigenvalue weighted by molar-refractivity contribution is -0.140. The van der Waals surface area contributed by atoms with Crippen LogP contribution in [0.3, 0.4) is 0 Å². The fourth-order valence-corrected chi connectivity index (χ4v) is 2.28. The van der Waals surface area contributed by atoms with Gasteiger partial charge in [-0.15, -0.1) is 0 Å². The van der Waals surface area contributed by atoms with Gasteiger partial charge >= 0.3 is 5.97 Å². The Morgan fingerprint density at radius 2 is 1.88 bits per heavy atom. The number of hydrogen-bond donors (Lipinski definition) is 2. The molecule has 1 rings (SSSR count). The van der Waals surface area contributed by atoms with Crippen molar-refractivity contribution >= 4 is 11.9 Å². The zero-order valence-electron chi connectivity index (χ0n) is 10.4. The molecule has 98 valence electrons. The van der Waals surface area contributed by atoms with Crippen LogP contribution in [0.2, 0.25) is 0 Å². The van der Waals surface area contributed by atoms with Crippen LogP contribution >= 0.6 is 0 Å².